The van der Waals surface area contributed by atoms with Crippen LogP contribution in [0.1, 0.15) is 43.6 Å². The van der Waals surface area contributed by atoms with Crippen molar-refractivity contribution >= 4 is 50.5 Å². The fourth-order valence-corrected chi connectivity index (χ4v) is 5.27. The zero-order valence-electron chi connectivity index (χ0n) is 22.2. The van der Waals surface area contributed by atoms with E-state index in [0.717, 1.165) is 16.1 Å². The second-order valence-electron chi connectivity index (χ2n) is 9.91. The van der Waals surface area contributed by atoms with Gasteiger partial charge in [-0.05, 0) is 66.4 Å². The molecule has 38 heavy (non-hydrogen) atoms. The van der Waals surface area contributed by atoms with Crippen LogP contribution in [-0.2, 0) is 20.2 Å². The maximum Gasteiger partial charge on any atom is 0.255 e. The molecule has 0 aliphatic carbocycles. The number of sulfonamides is 1. The van der Waals surface area contributed by atoms with Crippen LogP contribution in [0.25, 0.3) is 0 Å². The topological polar surface area (TPSA) is 105 Å². The van der Waals surface area contributed by atoms with Gasteiger partial charge in [0.05, 0.1) is 24.1 Å². The molecule has 0 aliphatic rings. The number of ether oxygens (including phenoxy) is 1. The van der Waals surface area contributed by atoms with Crippen molar-refractivity contribution in [2.45, 2.75) is 39.2 Å². The Hall–Kier alpha value is -3.56. The summed E-state index contributed by atoms with van der Waals surface area (Å²) in [6, 6.07) is 17.4. The molecule has 0 fully saturated rings. The fourth-order valence-electron chi connectivity index (χ4n) is 3.85. The Bertz CT molecular complexity index is 1430. The molecule has 202 valence electrons. The maximum absolute atomic E-state index is 13.1. The van der Waals surface area contributed by atoms with Crippen LogP contribution in [0.5, 0.6) is 5.75 Å². The van der Waals surface area contributed by atoms with Crippen molar-refractivity contribution in [3.63, 3.8) is 0 Å². The quantitative estimate of drug-likeness (QED) is 0.370. The molecule has 0 unspecified atom stereocenters. The summed E-state index contributed by atoms with van der Waals surface area (Å²) in [5, 5.41) is 5.76. The maximum atomic E-state index is 13.1. The van der Waals surface area contributed by atoms with Crippen molar-refractivity contribution in [1.82, 2.24) is 0 Å². The number of carbonyl (C=O) groups is 2. The average Bonchev–Trinajstić information content (AvgIpc) is 2.83. The molecule has 3 rings (SSSR count). The summed E-state index contributed by atoms with van der Waals surface area (Å²) in [4.78, 5) is 25.8. The minimum atomic E-state index is -3.84. The number of anilines is 3. The highest BCUT2D eigenvalue weighted by Crippen LogP contribution is 2.31. The highest BCUT2D eigenvalue weighted by Gasteiger charge is 2.30. The Kier molecular flexibility index (Phi) is 8.74. The first-order valence-corrected chi connectivity index (χ1v) is 14.1. The second kappa shape index (κ2) is 11.4. The summed E-state index contributed by atoms with van der Waals surface area (Å²) in [5.41, 5.74) is 2.69. The number of hydrogen-bond donors (Lipinski definition) is 2. The molecule has 10 heteroatoms. The van der Waals surface area contributed by atoms with Gasteiger partial charge in [0.25, 0.3) is 5.91 Å². The lowest BCUT2D eigenvalue weighted by molar-refractivity contribution is -0.116. The SMILES string of the molecule is COc1ccc(N([C@@H](C)C(=O)Nc2cccc(NC(=O)c3ccc(C(C)(C)C)cc3)c2)S(C)(=O)=O)cc1Cl. The number of hydrogen-bond acceptors (Lipinski definition) is 5. The molecule has 2 amide bonds. The number of rotatable bonds is 8. The molecular weight excluding hydrogens is 526 g/mol. The molecule has 1 atom stereocenters. The molecule has 0 aromatic heterocycles. The van der Waals surface area contributed by atoms with E-state index in [1.54, 1.807) is 36.4 Å². The number of benzene rings is 3. The van der Waals surface area contributed by atoms with Crippen LogP contribution in [-0.4, -0.2) is 39.6 Å². The Balaban J connectivity index is 1.76. The van der Waals surface area contributed by atoms with Gasteiger partial charge in [0.2, 0.25) is 15.9 Å². The Morgan fingerprint density at radius 2 is 1.55 bits per heavy atom. The third-order valence-electron chi connectivity index (χ3n) is 5.88. The van der Waals surface area contributed by atoms with Crippen molar-refractivity contribution in [1.29, 1.82) is 0 Å². The van der Waals surface area contributed by atoms with Gasteiger partial charge in [-0.1, -0.05) is 50.6 Å². The lowest BCUT2D eigenvalue weighted by atomic mass is 9.87. The van der Waals surface area contributed by atoms with Crippen LogP contribution in [0.3, 0.4) is 0 Å². The number of halogens is 1. The zero-order valence-corrected chi connectivity index (χ0v) is 23.8. The second-order valence-corrected chi connectivity index (χ2v) is 12.2. The van der Waals surface area contributed by atoms with Gasteiger partial charge in [-0.3, -0.25) is 13.9 Å². The van der Waals surface area contributed by atoms with Crippen LogP contribution in [0.15, 0.2) is 66.7 Å². The summed E-state index contributed by atoms with van der Waals surface area (Å²) in [5.74, 6) is -0.476. The highest BCUT2D eigenvalue weighted by atomic mass is 35.5. The molecule has 2 N–H and O–H groups in total. The van der Waals surface area contributed by atoms with Crippen LogP contribution in [0, 0.1) is 0 Å². The van der Waals surface area contributed by atoms with E-state index in [-0.39, 0.29) is 22.0 Å². The van der Waals surface area contributed by atoms with E-state index >= 15 is 0 Å². The third-order valence-corrected chi connectivity index (χ3v) is 7.42. The Morgan fingerprint density at radius 3 is 2.08 bits per heavy atom. The molecule has 0 aliphatic heterocycles. The van der Waals surface area contributed by atoms with Gasteiger partial charge >= 0.3 is 0 Å². The Morgan fingerprint density at radius 1 is 0.947 bits per heavy atom. The third kappa shape index (κ3) is 7.05. The summed E-state index contributed by atoms with van der Waals surface area (Å²) in [6.07, 6.45) is 1.01. The number of amides is 2. The molecule has 0 radical (unpaired) electrons. The van der Waals surface area contributed by atoms with Crippen molar-refractivity contribution < 1.29 is 22.7 Å². The van der Waals surface area contributed by atoms with Crippen LogP contribution < -0.4 is 19.7 Å². The standard InChI is InChI=1S/C28H32ClN3O5S/c1-18(32(38(6,35)36)23-14-15-25(37-5)24(29)17-23)26(33)30-21-8-7-9-22(16-21)31-27(34)19-10-12-20(13-11-19)28(2,3)4/h7-18H,1-6H3,(H,30,33)(H,31,34)/t18-/m0/s1. The summed E-state index contributed by atoms with van der Waals surface area (Å²) in [6.45, 7) is 7.78. The molecule has 8 nitrogen and oxygen atoms in total. The first kappa shape index (κ1) is 29.0. The van der Waals surface area contributed by atoms with Crippen LogP contribution in [0.4, 0.5) is 17.1 Å². The van der Waals surface area contributed by atoms with Crippen molar-refractivity contribution in [3.05, 3.63) is 82.9 Å². The molecule has 0 saturated heterocycles. The summed E-state index contributed by atoms with van der Waals surface area (Å²) >= 11 is 6.19. The van der Waals surface area contributed by atoms with E-state index in [1.165, 1.54) is 32.2 Å². The average molecular weight is 558 g/mol. The van der Waals surface area contributed by atoms with E-state index in [9.17, 15) is 18.0 Å². The van der Waals surface area contributed by atoms with E-state index in [1.807, 2.05) is 12.1 Å². The minimum Gasteiger partial charge on any atom is -0.495 e. The predicted octanol–water partition coefficient (Wildman–Crippen LogP) is 5.69. The molecule has 0 bridgehead atoms. The van der Waals surface area contributed by atoms with Gasteiger partial charge in [0.15, 0.2) is 0 Å². The van der Waals surface area contributed by atoms with Crippen molar-refractivity contribution in [2.24, 2.45) is 0 Å². The molecular formula is C28H32ClN3O5S. The Labute approximate surface area is 229 Å². The zero-order chi connectivity index (χ0) is 28.3. The van der Waals surface area contributed by atoms with Gasteiger partial charge in [-0.15, -0.1) is 0 Å². The number of carbonyl (C=O) groups excluding carboxylic acids is 2. The number of methoxy groups -OCH3 is 1. The summed E-state index contributed by atoms with van der Waals surface area (Å²) < 4.78 is 31.3. The predicted molar refractivity (Wildman–Crippen MR) is 153 cm³/mol. The van der Waals surface area contributed by atoms with E-state index < -0.39 is 22.0 Å². The van der Waals surface area contributed by atoms with Gasteiger partial charge in [0.1, 0.15) is 11.8 Å². The van der Waals surface area contributed by atoms with Crippen molar-refractivity contribution in [3.8, 4) is 5.75 Å². The van der Waals surface area contributed by atoms with Crippen molar-refractivity contribution in [2.75, 3.05) is 28.3 Å². The monoisotopic (exact) mass is 557 g/mol. The van der Waals surface area contributed by atoms with E-state index in [4.69, 9.17) is 16.3 Å². The lowest BCUT2D eigenvalue weighted by Crippen LogP contribution is -2.45. The minimum absolute atomic E-state index is 0.0228. The number of nitrogens with zero attached hydrogens (tertiary/aromatic N) is 1. The first-order valence-electron chi connectivity index (χ1n) is 11.9. The number of nitrogens with one attached hydrogen (secondary N) is 2. The van der Waals surface area contributed by atoms with Gasteiger partial charge in [0, 0.05) is 16.9 Å². The van der Waals surface area contributed by atoms with Gasteiger partial charge < -0.3 is 15.4 Å². The first-order chi connectivity index (χ1) is 17.7. The normalized spacial score (nSPS) is 12.4. The molecule has 3 aromatic carbocycles. The fraction of sp³-hybridized carbons (Fsp3) is 0.286. The molecule has 0 saturated carbocycles. The molecule has 0 heterocycles. The van der Waals surface area contributed by atoms with Crippen LogP contribution in [0.2, 0.25) is 5.02 Å². The van der Waals surface area contributed by atoms with Crippen LogP contribution >= 0.6 is 11.6 Å². The smallest absolute Gasteiger partial charge is 0.255 e. The van der Waals surface area contributed by atoms with E-state index in [2.05, 4.69) is 31.4 Å². The molecule has 0 spiro atoms. The largest absolute Gasteiger partial charge is 0.495 e. The lowest BCUT2D eigenvalue weighted by Gasteiger charge is -2.28. The summed E-state index contributed by atoms with van der Waals surface area (Å²) in [7, 11) is -2.39. The highest BCUT2D eigenvalue weighted by molar-refractivity contribution is 7.92. The van der Waals surface area contributed by atoms with Gasteiger partial charge in [-0.25, -0.2) is 8.42 Å². The van der Waals surface area contributed by atoms with E-state index in [0.29, 0.717) is 22.7 Å². The molecule has 3 aromatic rings. The van der Waals surface area contributed by atoms with Gasteiger partial charge in [-0.2, -0.15) is 0 Å².